The van der Waals surface area contributed by atoms with Crippen molar-refractivity contribution in [2.45, 2.75) is 20.3 Å². The molecular weight excluding hydrogens is 380 g/mol. The van der Waals surface area contributed by atoms with Gasteiger partial charge in [0.25, 0.3) is 5.91 Å². The summed E-state index contributed by atoms with van der Waals surface area (Å²) < 4.78 is 5.67. The second-order valence-electron chi connectivity index (χ2n) is 5.93. The number of amidine groups is 1. The van der Waals surface area contributed by atoms with Crippen LogP contribution in [0.3, 0.4) is 0 Å². The first-order valence-electron chi connectivity index (χ1n) is 8.90. The van der Waals surface area contributed by atoms with Gasteiger partial charge in [0.2, 0.25) is 0 Å². The summed E-state index contributed by atoms with van der Waals surface area (Å²) in [6.45, 7) is 5.22. The molecule has 1 aliphatic rings. The summed E-state index contributed by atoms with van der Waals surface area (Å²) in [5.41, 5.74) is 1.58. The van der Waals surface area contributed by atoms with Gasteiger partial charge in [-0.1, -0.05) is 42.8 Å². The molecule has 4 nitrogen and oxygen atoms in total. The molecule has 0 bridgehead atoms. The average Bonchev–Trinajstić information content (AvgIpc) is 2.96. The predicted molar refractivity (Wildman–Crippen MR) is 114 cm³/mol. The van der Waals surface area contributed by atoms with Gasteiger partial charge in [-0.3, -0.25) is 9.69 Å². The van der Waals surface area contributed by atoms with Crippen molar-refractivity contribution in [3.05, 3.63) is 64.0 Å². The number of amides is 1. The lowest BCUT2D eigenvalue weighted by molar-refractivity contribution is -0.122. The number of ether oxygens (including phenoxy) is 1. The highest BCUT2D eigenvalue weighted by Crippen LogP contribution is 2.35. The Labute approximate surface area is 168 Å². The van der Waals surface area contributed by atoms with Gasteiger partial charge in [0.15, 0.2) is 5.17 Å². The number of nitrogens with zero attached hydrogens (tertiary/aromatic N) is 2. The molecule has 0 aromatic heterocycles. The maximum Gasteiger partial charge on any atom is 0.266 e. The Morgan fingerprint density at radius 2 is 2.00 bits per heavy atom. The minimum absolute atomic E-state index is 0.0480. The number of likely N-dealkylation sites (N-methyl/N-ethyl adjacent to an activating group) is 1. The zero-order valence-electron chi connectivity index (χ0n) is 15.3. The summed E-state index contributed by atoms with van der Waals surface area (Å²) in [4.78, 5) is 19.7. The lowest BCUT2D eigenvalue weighted by atomic mass is 10.2. The fourth-order valence-corrected chi connectivity index (χ4v) is 3.81. The monoisotopic (exact) mass is 400 g/mol. The first kappa shape index (κ1) is 19.5. The summed E-state index contributed by atoms with van der Waals surface area (Å²) in [5.74, 6) is 0.757. The van der Waals surface area contributed by atoms with Crippen LogP contribution in [0.15, 0.2) is 58.4 Å². The highest BCUT2D eigenvalue weighted by atomic mass is 35.5. The van der Waals surface area contributed by atoms with Crippen LogP contribution in [0.1, 0.15) is 25.8 Å². The van der Waals surface area contributed by atoms with E-state index in [9.17, 15) is 4.79 Å². The highest BCUT2D eigenvalue weighted by Gasteiger charge is 2.32. The minimum atomic E-state index is -0.0480. The van der Waals surface area contributed by atoms with Crippen LogP contribution >= 0.6 is 23.4 Å². The molecule has 2 aromatic rings. The van der Waals surface area contributed by atoms with Crippen molar-refractivity contribution in [3.63, 3.8) is 0 Å². The molecule has 0 radical (unpaired) electrons. The van der Waals surface area contributed by atoms with Crippen LogP contribution in [-0.4, -0.2) is 29.1 Å². The lowest BCUT2D eigenvalue weighted by Gasteiger charge is -2.12. The van der Waals surface area contributed by atoms with Gasteiger partial charge in [-0.05, 0) is 61.0 Å². The first-order chi connectivity index (χ1) is 13.1. The number of thioether (sulfide) groups is 1. The molecule has 1 aliphatic heterocycles. The summed E-state index contributed by atoms with van der Waals surface area (Å²) in [7, 11) is 0. The van der Waals surface area contributed by atoms with Gasteiger partial charge >= 0.3 is 0 Å². The number of carbonyl (C=O) groups excluding carboxylic acids is 1. The van der Waals surface area contributed by atoms with Crippen LogP contribution in [-0.2, 0) is 4.79 Å². The highest BCUT2D eigenvalue weighted by molar-refractivity contribution is 8.18. The Balaban J connectivity index is 1.88. The number of halogens is 1. The molecule has 3 rings (SSSR count). The summed E-state index contributed by atoms with van der Waals surface area (Å²) >= 11 is 7.57. The smallest absolute Gasteiger partial charge is 0.266 e. The zero-order valence-corrected chi connectivity index (χ0v) is 16.9. The summed E-state index contributed by atoms with van der Waals surface area (Å²) in [5, 5.41) is 1.20. The second-order valence-corrected chi connectivity index (χ2v) is 7.34. The molecular formula is C21H21ClN2O2S. The van der Waals surface area contributed by atoms with E-state index in [4.69, 9.17) is 16.3 Å². The molecule has 27 heavy (non-hydrogen) atoms. The maximum absolute atomic E-state index is 12.8. The largest absolute Gasteiger partial charge is 0.494 e. The van der Waals surface area contributed by atoms with E-state index in [1.807, 2.05) is 55.5 Å². The molecule has 0 unspecified atom stereocenters. The third-order valence-corrected chi connectivity index (χ3v) is 5.23. The second kappa shape index (κ2) is 9.11. The molecule has 1 fully saturated rings. The van der Waals surface area contributed by atoms with Crippen molar-refractivity contribution in [3.8, 4) is 5.75 Å². The number of hydrogen-bond acceptors (Lipinski definition) is 4. The standard InChI is InChI=1S/C21H21ClN2O2S/c1-3-12-26-16-9-7-8-15(13-16)14-19-20(25)24(4-2)21(27-19)23-18-11-6-5-10-17(18)22/h5-11,13-14H,3-4,12H2,1-2H3/b19-14+,23-21?. The number of aliphatic imine (C=N–C) groups is 1. The van der Waals surface area contributed by atoms with Gasteiger partial charge in [-0.2, -0.15) is 0 Å². The van der Waals surface area contributed by atoms with E-state index in [2.05, 4.69) is 11.9 Å². The van der Waals surface area contributed by atoms with Crippen molar-refractivity contribution in [2.75, 3.05) is 13.2 Å². The number of rotatable bonds is 6. The fraction of sp³-hybridized carbons (Fsp3) is 0.238. The van der Waals surface area contributed by atoms with E-state index in [1.165, 1.54) is 11.8 Å². The van der Waals surface area contributed by atoms with Gasteiger partial charge in [-0.25, -0.2) is 4.99 Å². The number of para-hydroxylation sites is 1. The molecule has 1 heterocycles. The van der Waals surface area contributed by atoms with Crippen LogP contribution in [0.2, 0.25) is 5.02 Å². The average molecular weight is 401 g/mol. The molecule has 2 aromatic carbocycles. The molecule has 1 saturated heterocycles. The van der Waals surface area contributed by atoms with Crippen molar-refractivity contribution >= 4 is 46.2 Å². The predicted octanol–water partition coefficient (Wildman–Crippen LogP) is 5.75. The molecule has 6 heteroatoms. The van der Waals surface area contributed by atoms with Gasteiger partial charge < -0.3 is 4.74 Å². The topological polar surface area (TPSA) is 41.9 Å². The molecule has 0 aliphatic carbocycles. The van der Waals surface area contributed by atoms with Crippen molar-refractivity contribution in [2.24, 2.45) is 4.99 Å². The molecule has 0 spiro atoms. The molecule has 0 atom stereocenters. The van der Waals surface area contributed by atoms with Gasteiger partial charge in [0.1, 0.15) is 5.75 Å². The molecule has 140 valence electrons. The van der Waals surface area contributed by atoms with E-state index < -0.39 is 0 Å². The van der Waals surface area contributed by atoms with Gasteiger partial charge in [0, 0.05) is 6.54 Å². The van der Waals surface area contributed by atoms with Crippen molar-refractivity contribution in [1.82, 2.24) is 4.90 Å². The number of carbonyl (C=O) groups is 1. The Bertz CT molecular complexity index is 895. The van der Waals surface area contributed by atoms with E-state index in [0.29, 0.717) is 33.9 Å². The molecule has 1 amide bonds. The van der Waals surface area contributed by atoms with Crippen LogP contribution < -0.4 is 4.74 Å². The van der Waals surface area contributed by atoms with E-state index in [1.54, 1.807) is 11.0 Å². The van der Waals surface area contributed by atoms with Crippen LogP contribution in [0.25, 0.3) is 6.08 Å². The van der Waals surface area contributed by atoms with E-state index in [-0.39, 0.29) is 5.91 Å². The van der Waals surface area contributed by atoms with Gasteiger partial charge in [-0.15, -0.1) is 0 Å². The van der Waals surface area contributed by atoms with Crippen LogP contribution in [0.4, 0.5) is 5.69 Å². The van der Waals surface area contributed by atoms with E-state index in [0.717, 1.165) is 17.7 Å². The quantitative estimate of drug-likeness (QED) is 0.579. The first-order valence-corrected chi connectivity index (χ1v) is 10.1. The molecule has 0 N–H and O–H groups in total. The zero-order chi connectivity index (χ0) is 19.2. The third-order valence-electron chi connectivity index (χ3n) is 3.90. The normalized spacial score (nSPS) is 17.1. The van der Waals surface area contributed by atoms with Crippen molar-refractivity contribution < 1.29 is 9.53 Å². The van der Waals surface area contributed by atoms with Crippen LogP contribution in [0, 0.1) is 0 Å². The Morgan fingerprint density at radius 1 is 1.19 bits per heavy atom. The van der Waals surface area contributed by atoms with E-state index >= 15 is 0 Å². The van der Waals surface area contributed by atoms with Crippen molar-refractivity contribution in [1.29, 1.82) is 0 Å². The third kappa shape index (κ3) is 4.73. The Morgan fingerprint density at radius 3 is 2.74 bits per heavy atom. The lowest BCUT2D eigenvalue weighted by Crippen LogP contribution is -2.28. The summed E-state index contributed by atoms with van der Waals surface area (Å²) in [6.07, 6.45) is 2.83. The van der Waals surface area contributed by atoms with Crippen LogP contribution in [0.5, 0.6) is 5.75 Å². The maximum atomic E-state index is 12.8. The fourth-order valence-electron chi connectivity index (χ4n) is 2.58. The Hall–Kier alpha value is -2.24. The SMILES string of the molecule is CCCOc1cccc(/C=C2/SC(=Nc3ccccc3Cl)N(CC)C2=O)c1. The molecule has 0 saturated carbocycles. The Kier molecular flexibility index (Phi) is 6.58. The summed E-state index contributed by atoms with van der Waals surface area (Å²) in [6, 6.07) is 15.1. The van der Waals surface area contributed by atoms with Gasteiger partial charge in [0.05, 0.1) is 22.2 Å². The minimum Gasteiger partial charge on any atom is -0.494 e. The number of benzene rings is 2. The number of hydrogen-bond donors (Lipinski definition) is 0.